The fourth-order valence-electron chi connectivity index (χ4n) is 1.22. The lowest BCUT2D eigenvalue weighted by atomic mass is 10.5. The highest BCUT2D eigenvalue weighted by molar-refractivity contribution is 7.99. The Labute approximate surface area is 102 Å². The average Bonchev–Trinajstić information content (AvgIpc) is 2.60. The second-order valence-electron chi connectivity index (χ2n) is 3.39. The highest BCUT2D eigenvalue weighted by atomic mass is 32.2. The van der Waals surface area contributed by atoms with E-state index in [2.05, 4.69) is 25.5 Å². The van der Waals surface area contributed by atoms with E-state index in [4.69, 9.17) is 0 Å². The quantitative estimate of drug-likeness (QED) is 0.769. The minimum absolute atomic E-state index is 0.243. The largest absolute Gasteiger partial charge is 0.357 e. The zero-order chi connectivity index (χ0) is 12.4. The van der Waals surface area contributed by atoms with Crippen molar-refractivity contribution in [2.75, 3.05) is 12.4 Å². The molecule has 2 aromatic heterocycles. The van der Waals surface area contributed by atoms with Gasteiger partial charge in [0.25, 0.3) is 0 Å². The van der Waals surface area contributed by atoms with Crippen LogP contribution in [0.3, 0.4) is 0 Å². The van der Waals surface area contributed by atoms with Gasteiger partial charge in [0.2, 0.25) is 5.95 Å². The summed E-state index contributed by atoms with van der Waals surface area (Å²) in [5.74, 6) is 0.549. The van der Waals surface area contributed by atoms with Crippen molar-refractivity contribution in [2.24, 2.45) is 7.05 Å². The SMILES string of the molecule is CNc1nc(C)cc(Sc2n[nH]c(=O)n2C)n1. The van der Waals surface area contributed by atoms with Gasteiger partial charge in [0.05, 0.1) is 0 Å². The zero-order valence-corrected chi connectivity index (χ0v) is 10.5. The van der Waals surface area contributed by atoms with Gasteiger partial charge in [0.1, 0.15) is 5.03 Å². The molecule has 90 valence electrons. The molecule has 8 heteroatoms. The molecule has 2 rings (SSSR count). The summed E-state index contributed by atoms with van der Waals surface area (Å²) in [5, 5.41) is 10.5. The van der Waals surface area contributed by atoms with Gasteiger partial charge in [0.15, 0.2) is 5.16 Å². The van der Waals surface area contributed by atoms with Crippen LogP contribution in [0.15, 0.2) is 21.0 Å². The maximum absolute atomic E-state index is 11.2. The summed E-state index contributed by atoms with van der Waals surface area (Å²) in [7, 11) is 3.41. The monoisotopic (exact) mass is 252 g/mol. The molecule has 0 amide bonds. The Morgan fingerprint density at radius 2 is 2.24 bits per heavy atom. The zero-order valence-electron chi connectivity index (χ0n) is 9.68. The minimum atomic E-state index is -0.243. The fourth-order valence-corrected chi connectivity index (χ4v) is 2.08. The fraction of sp³-hybridized carbons (Fsp3) is 0.333. The molecule has 0 atom stereocenters. The van der Waals surface area contributed by atoms with Gasteiger partial charge in [-0.25, -0.2) is 19.9 Å². The normalized spacial score (nSPS) is 10.5. The van der Waals surface area contributed by atoms with Crippen LogP contribution in [0.2, 0.25) is 0 Å². The van der Waals surface area contributed by atoms with E-state index in [1.165, 1.54) is 16.3 Å². The lowest BCUT2D eigenvalue weighted by Crippen LogP contribution is -2.12. The number of aryl methyl sites for hydroxylation is 1. The molecule has 0 bridgehead atoms. The van der Waals surface area contributed by atoms with Crippen molar-refractivity contribution >= 4 is 17.7 Å². The van der Waals surface area contributed by atoms with Gasteiger partial charge in [-0.3, -0.25) is 4.57 Å². The van der Waals surface area contributed by atoms with Gasteiger partial charge in [-0.2, -0.15) is 0 Å². The molecule has 0 fully saturated rings. The maximum atomic E-state index is 11.2. The standard InChI is InChI=1S/C9H12N6OS/c1-5-4-6(12-7(10-2)11-5)17-9-14-13-8(16)15(9)3/h4H,1-3H3,(H,13,16)(H,10,11,12). The lowest BCUT2D eigenvalue weighted by Gasteiger charge is -2.03. The van der Waals surface area contributed by atoms with E-state index in [1.54, 1.807) is 14.1 Å². The van der Waals surface area contributed by atoms with Crippen LogP contribution in [0.5, 0.6) is 0 Å². The van der Waals surface area contributed by atoms with Crippen LogP contribution in [0.4, 0.5) is 5.95 Å². The molecule has 2 aromatic rings. The molecule has 0 unspecified atom stereocenters. The molecule has 7 nitrogen and oxygen atoms in total. The number of aromatic amines is 1. The topological polar surface area (TPSA) is 88.5 Å². The number of anilines is 1. The van der Waals surface area contributed by atoms with Crippen LogP contribution >= 0.6 is 11.8 Å². The Kier molecular flexibility index (Phi) is 3.14. The molecular weight excluding hydrogens is 240 g/mol. The molecule has 0 saturated heterocycles. The number of nitrogens with one attached hydrogen (secondary N) is 2. The third-order valence-corrected chi connectivity index (χ3v) is 3.05. The summed E-state index contributed by atoms with van der Waals surface area (Å²) in [6.07, 6.45) is 0. The molecule has 0 radical (unpaired) electrons. The van der Waals surface area contributed by atoms with E-state index in [9.17, 15) is 4.79 Å². The van der Waals surface area contributed by atoms with Gasteiger partial charge >= 0.3 is 5.69 Å². The molecule has 2 N–H and O–H groups in total. The van der Waals surface area contributed by atoms with Crippen LogP contribution in [-0.4, -0.2) is 31.8 Å². The predicted octanol–water partition coefficient (Wildman–Crippen LogP) is 0.400. The summed E-state index contributed by atoms with van der Waals surface area (Å²) in [6.45, 7) is 1.89. The van der Waals surface area contributed by atoms with Crippen molar-refractivity contribution in [2.45, 2.75) is 17.1 Å². The van der Waals surface area contributed by atoms with Crippen LogP contribution in [0, 0.1) is 6.92 Å². The van der Waals surface area contributed by atoms with Crippen LogP contribution < -0.4 is 11.0 Å². The number of nitrogens with zero attached hydrogens (tertiary/aromatic N) is 4. The van der Waals surface area contributed by atoms with E-state index in [0.29, 0.717) is 11.1 Å². The van der Waals surface area contributed by atoms with E-state index in [1.807, 2.05) is 13.0 Å². The lowest BCUT2D eigenvalue weighted by molar-refractivity contribution is 0.764. The summed E-state index contributed by atoms with van der Waals surface area (Å²) < 4.78 is 1.43. The molecule has 0 aliphatic heterocycles. The Morgan fingerprint density at radius 3 is 2.82 bits per heavy atom. The van der Waals surface area contributed by atoms with Gasteiger partial charge in [-0.05, 0) is 24.8 Å². The maximum Gasteiger partial charge on any atom is 0.343 e. The molecule has 0 aliphatic carbocycles. The van der Waals surface area contributed by atoms with E-state index < -0.39 is 0 Å². The van der Waals surface area contributed by atoms with Crippen molar-refractivity contribution in [3.8, 4) is 0 Å². The number of H-pyrrole nitrogens is 1. The first kappa shape index (κ1) is 11.6. The summed E-state index contributed by atoms with van der Waals surface area (Å²) in [6, 6.07) is 1.84. The number of aromatic nitrogens is 5. The second kappa shape index (κ2) is 4.58. The number of hydrogen-bond donors (Lipinski definition) is 2. The van der Waals surface area contributed by atoms with E-state index in [-0.39, 0.29) is 5.69 Å². The molecule has 0 aromatic carbocycles. The highest BCUT2D eigenvalue weighted by Crippen LogP contribution is 2.23. The van der Waals surface area contributed by atoms with E-state index >= 15 is 0 Å². The van der Waals surface area contributed by atoms with Gasteiger partial charge < -0.3 is 5.32 Å². The second-order valence-corrected chi connectivity index (χ2v) is 4.38. The Hall–Kier alpha value is -1.83. The molecule has 0 spiro atoms. The average molecular weight is 252 g/mol. The molecule has 17 heavy (non-hydrogen) atoms. The Balaban J connectivity index is 2.33. The summed E-state index contributed by atoms with van der Waals surface area (Å²) >= 11 is 1.31. The van der Waals surface area contributed by atoms with E-state index in [0.717, 1.165) is 10.7 Å². The predicted molar refractivity (Wildman–Crippen MR) is 64.3 cm³/mol. The van der Waals surface area contributed by atoms with Crippen LogP contribution in [-0.2, 0) is 7.05 Å². The van der Waals surface area contributed by atoms with Crippen molar-refractivity contribution in [3.05, 3.63) is 22.2 Å². The van der Waals surface area contributed by atoms with Gasteiger partial charge in [0, 0.05) is 19.8 Å². The molecule has 0 saturated carbocycles. The third kappa shape index (κ3) is 2.47. The molecule has 2 heterocycles. The third-order valence-electron chi connectivity index (χ3n) is 2.09. The summed E-state index contributed by atoms with van der Waals surface area (Å²) in [4.78, 5) is 19.7. The molecular formula is C9H12N6OS. The first-order chi connectivity index (χ1) is 8.10. The van der Waals surface area contributed by atoms with Crippen molar-refractivity contribution in [3.63, 3.8) is 0 Å². The van der Waals surface area contributed by atoms with Crippen molar-refractivity contribution in [1.82, 2.24) is 24.7 Å². The van der Waals surface area contributed by atoms with Crippen molar-refractivity contribution < 1.29 is 0 Å². The van der Waals surface area contributed by atoms with Gasteiger partial charge in [-0.15, -0.1) is 5.10 Å². The van der Waals surface area contributed by atoms with Crippen LogP contribution in [0.1, 0.15) is 5.69 Å². The summed E-state index contributed by atoms with van der Waals surface area (Å²) in [5.41, 5.74) is 0.611. The number of rotatable bonds is 3. The minimum Gasteiger partial charge on any atom is -0.357 e. The smallest absolute Gasteiger partial charge is 0.343 e. The Bertz CT molecular complexity index is 589. The van der Waals surface area contributed by atoms with Gasteiger partial charge in [-0.1, -0.05) is 0 Å². The van der Waals surface area contributed by atoms with Crippen LogP contribution in [0.25, 0.3) is 0 Å². The first-order valence-electron chi connectivity index (χ1n) is 4.93. The molecule has 0 aliphatic rings. The Morgan fingerprint density at radius 1 is 1.47 bits per heavy atom. The first-order valence-corrected chi connectivity index (χ1v) is 5.74. The van der Waals surface area contributed by atoms with Crippen molar-refractivity contribution in [1.29, 1.82) is 0 Å². The highest BCUT2D eigenvalue weighted by Gasteiger charge is 2.09. The number of hydrogen-bond acceptors (Lipinski definition) is 6.